The number of aryl methyl sites for hydroxylation is 1. The molecule has 3 rings (SSSR count). The number of rotatable bonds is 5. The molecule has 0 spiro atoms. The van der Waals surface area contributed by atoms with Crippen LogP contribution in [0.3, 0.4) is 0 Å². The smallest absolute Gasteiger partial charge is 0.414 e. The van der Waals surface area contributed by atoms with Gasteiger partial charge in [0, 0.05) is 37.2 Å². The molecular weight excluding hydrogens is 424 g/mol. The Morgan fingerprint density at radius 1 is 1.32 bits per heavy atom. The molecule has 164 valence electrons. The first-order chi connectivity index (χ1) is 14.5. The van der Waals surface area contributed by atoms with Crippen molar-refractivity contribution in [3.8, 4) is 11.8 Å². The molecule has 1 aromatic heterocycles. The second-order valence-corrected chi connectivity index (χ2v) is 9.91. The fraction of sp³-hybridized carbons (Fsp3) is 0.350. The van der Waals surface area contributed by atoms with E-state index in [4.69, 9.17) is 9.94 Å². The highest BCUT2D eigenvalue weighted by Crippen LogP contribution is 2.30. The van der Waals surface area contributed by atoms with Crippen molar-refractivity contribution in [1.29, 1.82) is 0 Å². The second-order valence-electron chi connectivity index (χ2n) is 7.46. The van der Waals surface area contributed by atoms with Gasteiger partial charge in [0.05, 0.1) is 18.3 Å². The van der Waals surface area contributed by atoms with Gasteiger partial charge >= 0.3 is 6.09 Å². The molecule has 2 amide bonds. The monoisotopic (exact) mass is 446 g/mol. The molecule has 11 heteroatoms. The van der Waals surface area contributed by atoms with E-state index in [1.807, 2.05) is 0 Å². The van der Waals surface area contributed by atoms with Crippen LogP contribution in [-0.4, -0.2) is 59.1 Å². The maximum absolute atomic E-state index is 12.3. The summed E-state index contributed by atoms with van der Waals surface area (Å²) in [6, 6.07) is 6.90. The van der Waals surface area contributed by atoms with Crippen molar-refractivity contribution >= 4 is 27.5 Å². The number of hydrogen-bond donors (Lipinski definition) is 2. The number of amides is 2. The summed E-state index contributed by atoms with van der Waals surface area (Å²) in [5.74, 6) is 4.91. The molecule has 1 aliphatic heterocycles. The minimum atomic E-state index is -3.90. The van der Waals surface area contributed by atoms with Crippen LogP contribution in [-0.2, 0) is 26.4 Å². The molecule has 2 aromatic rings. The van der Waals surface area contributed by atoms with Gasteiger partial charge in [-0.25, -0.2) is 18.7 Å². The molecule has 0 bridgehead atoms. The van der Waals surface area contributed by atoms with E-state index in [1.165, 1.54) is 17.3 Å². The van der Waals surface area contributed by atoms with Gasteiger partial charge in [0.1, 0.15) is 6.10 Å². The lowest BCUT2D eigenvalue weighted by Gasteiger charge is -2.26. The van der Waals surface area contributed by atoms with Gasteiger partial charge in [-0.2, -0.15) is 5.10 Å². The second kappa shape index (κ2) is 8.41. The first kappa shape index (κ1) is 22.3. The van der Waals surface area contributed by atoms with Crippen molar-refractivity contribution in [2.24, 2.45) is 7.05 Å². The number of anilines is 1. The molecule has 2 heterocycles. The van der Waals surface area contributed by atoms with E-state index >= 15 is 0 Å². The van der Waals surface area contributed by atoms with Crippen LogP contribution in [0.15, 0.2) is 36.7 Å². The number of benzene rings is 1. The van der Waals surface area contributed by atoms with Gasteiger partial charge in [-0.05, 0) is 31.2 Å². The van der Waals surface area contributed by atoms with Crippen molar-refractivity contribution in [3.63, 3.8) is 0 Å². The van der Waals surface area contributed by atoms with Gasteiger partial charge in [-0.1, -0.05) is 11.8 Å². The average molecular weight is 446 g/mol. The molecule has 0 aliphatic carbocycles. The van der Waals surface area contributed by atoms with Crippen LogP contribution in [0.2, 0.25) is 0 Å². The quantitative estimate of drug-likeness (QED) is 0.395. The van der Waals surface area contributed by atoms with E-state index in [1.54, 1.807) is 48.4 Å². The predicted molar refractivity (Wildman–Crippen MR) is 111 cm³/mol. The van der Waals surface area contributed by atoms with Crippen molar-refractivity contribution in [3.05, 3.63) is 47.8 Å². The molecule has 1 fully saturated rings. The Balaban J connectivity index is 1.73. The van der Waals surface area contributed by atoms with Crippen molar-refractivity contribution in [2.75, 3.05) is 17.7 Å². The van der Waals surface area contributed by atoms with E-state index in [0.29, 0.717) is 5.69 Å². The maximum Gasteiger partial charge on any atom is 0.414 e. The number of hydroxylamine groups is 1. The molecule has 31 heavy (non-hydrogen) atoms. The Morgan fingerprint density at radius 3 is 2.52 bits per heavy atom. The van der Waals surface area contributed by atoms with Crippen molar-refractivity contribution < 1.29 is 28.0 Å². The summed E-state index contributed by atoms with van der Waals surface area (Å²) in [5, 5.41) is 13.0. The zero-order chi connectivity index (χ0) is 22.8. The Kier molecular flexibility index (Phi) is 6.06. The van der Waals surface area contributed by atoms with Crippen LogP contribution >= 0.6 is 0 Å². The molecule has 2 N–H and O–H groups in total. The van der Waals surface area contributed by atoms with Crippen LogP contribution in [0.25, 0.3) is 0 Å². The molecule has 0 radical (unpaired) electrons. The van der Waals surface area contributed by atoms with Crippen LogP contribution < -0.4 is 10.4 Å². The van der Waals surface area contributed by atoms with Gasteiger partial charge in [0.15, 0.2) is 14.6 Å². The molecular formula is C20H22N4O6S. The van der Waals surface area contributed by atoms with Crippen LogP contribution in [0.5, 0.6) is 0 Å². The number of nitrogens with one attached hydrogen (secondary N) is 1. The van der Waals surface area contributed by atoms with Crippen LogP contribution in [0.4, 0.5) is 10.5 Å². The van der Waals surface area contributed by atoms with E-state index < -0.39 is 32.7 Å². The van der Waals surface area contributed by atoms with E-state index in [0.717, 1.165) is 17.4 Å². The van der Waals surface area contributed by atoms with Gasteiger partial charge in [0.2, 0.25) is 0 Å². The van der Waals surface area contributed by atoms with Gasteiger partial charge in [-0.3, -0.25) is 19.6 Å². The predicted octanol–water partition coefficient (Wildman–Crippen LogP) is 0.844. The first-order valence-electron chi connectivity index (χ1n) is 9.26. The number of carbonyl (C=O) groups excluding carboxylic acids is 2. The molecule has 1 aromatic carbocycles. The number of aromatic nitrogens is 2. The summed E-state index contributed by atoms with van der Waals surface area (Å²) < 4.78 is 29.2. The summed E-state index contributed by atoms with van der Waals surface area (Å²) in [5.41, 5.74) is 3.44. The Morgan fingerprint density at radius 2 is 1.97 bits per heavy atom. The summed E-state index contributed by atoms with van der Waals surface area (Å²) in [6.07, 6.45) is 2.54. The number of hydrogen-bond acceptors (Lipinski definition) is 7. The lowest BCUT2D eigenvalue weighted by atomic mass is 10.0. The summed E-state index contributed by atoms with van der Waals surface area (Å²) >= 11 is 0. The third-order valence-electron chi connectivity index (χ3n) is 5.13. The lowest BCUT2D eigenvalue weighted by molar-refractivity contribution is -0.132. The molecule has 10 nitrogen and oxygen atoms in total. The van der Waals surface area contributed by atoms with Crippen LogP contribution in [0, 0.1) is 11.8 Å². The maximum atomic E-state index is 12.3. The zero-order valence-corrected chi connectivity index (χ0v) is 18.0. The zero-order valence-electron chi connectivity index (χ0n) is 17.2. The molecule has 0 unspecified atom stereocenters. The van der Waals surface area contributed by atoms with E-state index in [2.05, 4.69) is 16.9 Å². The minimum Gasteiger partial charge on any atom is -0.444 e. The number of ether oxygens (including phenoxy) is 1. The Labute approximate surface area is 179 Å². The summed E-state index contributed by atoms with van der Waals surface area (Å²) in [7, 11) is -2.10. The Hall–Kier alpha value is -3.36. The number of cyclic esters (lactones) is 1. The fourth-order valence-electron chi connectivity index (χ4n) is 3.16. The first-order valence-corrected chi connectivity index (χ1v) is 11.2. The third kappa shape index (κ3) is 4.70. The van der Waals surface area contributed by atoms with E-state index in [-0.39, 0.29) is 13.0 Å². The minimum absolute atomic E-state index is 0.0589. The van der Waals surface area contributed by atoms with Gasteiger partial charge in [0.25, 0.3) is 5.91 Å². The highest BCUT2D eigenvalue weighted by Gasteiger charge is 2.48. The van der Waals surface area contributed by atoms with E-state index in [9.17, 15) is 18.0 Å². The SMILES string of the molecule is Cn1cc(C#Cc2ccc(N3C[C@H](C[C@](C)(C(=O)NO)S(C)(=O)=O)OC3=O)cc2)cn1. The van der Waals surface area contributed by atoms with Gasteiger partial charge < -0.3 is 4.74 Å². The largest absolute Gasteiger partial charge is 0.444 e. The topological polar surface area (TPSA) is 131 Å². The van der Waals surface area contributed by atoms with Crippen molar-refractivity contribution in [2.45, 2.75) is 24.2 Å². The van der Waals surface area contributed by atoms with Crippen molar-refractivity contribution in [1.82, 2.24) is 15.3 Å². The highest BCUT2D eigenvalue weighted by atomic mass is 32.2. The van der Waals surface area contributed by atoms with Crippen LogP contribution in [0.1, 0.15) is 24.5 Å². The standard InChI is InChI=1S/C20H22N4O6S/c1-20(18(25)22-27,31(3,28)29)10-17-13-24(19(26)30-17)16-8-6-14(7-9-16)4-5-15-11-21-23(2)12-15/h6-9,11-12,17,27H,10,13H2,1-3H3,(H,22,25)/t17-,20+/m0/s1. The third-order valence-corrected chi connectivity index (χ3v) is 7.12. The highest BCUT2D eigenvalue weighted by molar-refractivity contribution is 7.92. The lowest BCUT2D eigenvalue weighted by Crippen LogP contribution is -2.51. The molecule has 1 saturated heterocycles. The molecule has 0 saturated carbocycles. The number of carbonyl (C=O) groups is 2. The Bertz CT molecular complexity index is 1160. The summed E-state index contributed by atoms with van der Waals surface area (Å²) in [6.45, 7) is 1.24. The molecule has 1 aliphatic rings. The number of nitrogens with zero attached hydrogens (tertiary/aromatic N) is 3. The number of sulfone groups is 1. The average Bonchev–Trinajstić information content (AvgIpc) is 3.30. The molecule has 2 atom stereocenters. The fourth-order valence-corrected chi connectivity index (χ4v) is 4.03. The van der Waals surface area contributed by atoms with Gasteiger partial charge in [-0.15, -0.1) is 0 Å². The normalized spacial score (nSPS) is 18.0. The summed E-state index contributed by atoms with van der Waals surface area (Å²) in [4.78, 5) is 25.7.